The zero-order chi connectivity index (χ0) is 14.0. The fraction of sp³-hybridized carbons (Fsp3) is 0.231. The molecule has 0 saturated heterocycles. The van der Waals surface area contributed by atoms with Crippen LogP contribution in [0, 0.1) is 6.92 Å². The molecule has 0 spiro atoms. The first-order valence-corrected chi connectivity index (χ1v) is 8.77. The van der Waals surface area contributed by atoms with E-state index in [1.807, 2.05) is 18.4 Å². The summed E-state index contributed by atoms with van der Waals surface area (Å²) in [7, 11) is -1.82. The summed E-state index contributed by atoms with van der Waals surface area (Å²) in [5, 5.41) is 1.98. The molecule has 102 valence electrons. The molecular weight excluding hydrogens is 346 g/mol. The predicted octanol–water partition coefficient (Wildman–Crippen LogP) is 3.64. The van der Waals surface area contributed by atoms with Crippen molar-refractivity contribution in [2.45, 2.75) is 18.4 Å². The molecular formula is C13H14BrNO2S2. The van der Waals surface area contributed by atoms with Crippen LogP contribution >= 0.6 is 27.3 Å². The summed E-state index contributed by atoms with van der Waals surface area (Å²) < 4.78 is 27.0. The minimum atomic E-state index is -3.43. The summed E-state index contributed by atoms with van der Waals surface area (Å²) in [5.74, 6) is 0. The first kappa shape index (κ1) is 14.7. The molecule has 1 aromatic carbocycles. The molecule has 0 aliphatic heterocycles. The van der Waals surface area contributed by atoms with Crippen molar-refractivity contribution in [3.8, 4) is 0 Å². The van der Waals surface area contributed by atoms with E-state index in [9.17, 15) is 8.42 Å². The van der Waals surface area contributed by atoms with Gasteiger partial charge in [0.2, 0.25) is 10.0 Å². The number of sulfonamides is 1. The van der Waals surface area contributed by atoms with Gasteiger partial charge in [0.25, 0.3) is 0 Å². The second-order valence-corrected chi connectivity index (χ2v) is 8.20. The standard InChI is InChI=1S/C13H14BrNO2S2/c1-10-7-8-18-13(10)9-15(2)19(16,17)12-5-3-11(14)4-6-12/h3-8H,9H2,1-2H3. The van der Waals surface area contributed by atoms with Crippen LogP contribution in [0.15, 0.2) is 45.1 Å². The van der Waals surface area contributed by atoms with Crippen molar-refractivity contribution in [3.63, 3.8) is 0 Å². The number of hydrogen-bond acceptors (Lipinski definition) is 3. The highest BCUT2D eigenvalue weighted by molar-refractivity contribution is 9.10. The number of benzene rings is 1. The van der Waals surface area contributed by atoms with E-state index in [1.165, 1.54) is 4.31 Å². The molecule has 0 aliphatic carbocycles. The lowest BCUT2D eigenvalue weighted by molar-refractivity contribution is 0.469. The Balaban J connectivity index is 2.24. The molecule has 0 unspecified atom stereocenters. The third-order valence-corrected chi connectivity index (χ3v) is 6.21. The van der Waals surface area contributed by atoms with E-state index in [1.54, 1.807) is 42.6 Å². The Labute approximate surface area is 126 Å². The Kier molecular flexibility index (Phi) is 4.45. The maximum absolute atomic E-state index is 12.4. The SMILES string of the molecule is Cc1ccsc1CN(C)S(=O)(=O)c1ccc(Br)cc1. The van der Waals surface area contributed by atoms with Crippen LogP contribution in [0.25, 0.3) is 0 Å². The van der Waals surface area contributed by atoms with Crippen molar-refractivity contribution in [2.24, 2.45) is 0 Å². The summed E-state index contributed by atoms with van der Waals surface area (Å²) in [6, 6.07) is 8.68. The summed E-state index contributed by atoms with van der Waals surface area (Å²) >= 11 is 4.88. The number of aryl methyl sites for hydroxylation is 1. The Bertz CT molecular complexity index is 662. The van der Waals surface area contributed by atoms with Crippen molar-refractivity contribution in [3.05, 3.63) is 50.6 Å². The van der Waals surface area contributed by atoms with Gasteiger partial charge in [0.05, 0.1) is 4.90 Å². The van der Waals surface area contributed by atoms with Crippen molar-refractivity contribution in [1.29, 1.82) is 0 Å². The lowest BCUT2D eigenvalue weighted by Gasteiger charge is -2.17. The second-order valence-electron chi connectivity index (χ2n) is 4.24. The Morgan fingerprint density at radius 2 is 1.84 bits per heavy atom. The first-order chi connectivity index (χ1) is 8.91. The van der Waals surface area contributed by atoms with Crippen molar-refractivity contribution < 1.29 is 8.42 Å². The largest absolute Gasteiger partial charge is 0.243 e. The highest BCUT2D eigenvalue weighted by atomic mass is 79.9. The van der Waals surface area contributed by atoms with Crippen LogP contribution in [0.2, 0.25) is 0 Å². The van der Waals surface area contributed by atoms with Gasteiger partial charge in [-0.3, -0.25) is 0 Å². The summed E-state index contributed by atoms with van der Waals surface area (Å²) in [5.41, 5.74) is 1.13. The summed E-state index contributed by atoms with van der Waals surface area (Å²) in [6.07, 6.45) is 0. The Morgan fingerprint density at radius 1 is 1.21 bits per heavy atom. The van der Waals surface area contributed by atoms with Gasteiger partial charge in [-0.05, 0) is 48.2 Å². The van der Waals surface area contributed by atoms with Crippen molar-refractivity contribution in [1.82, 2.24) is 4.31 Å². The minimum Gasteiger partial charge on any atom is -0.207 e. The molecule has 0 saturated carbocycles. The molecule has 0 bridgehead atoms. The number of halogens is 1. The van der Waals surface area contributed by atoms with E-state index in [2.05, 4.69) is 15.9 Å². The summed E-state index contributed by atoms with van der Waals surface area (Å²) in [6.45, 7) is 2.40. The van der Waals surface area contributed by atoms with Gasteiger partial charge in [-0.15, -0.1) is 11.3 Å². The van der Waals surface area contributed by atoms with E-state index >= 15 is 0 Å². The molecule has 0 fully saturated rings. The molecule has 2 aromatic rings. The number of rotatable bonds is 4. The van der Waals surface area contributed by atoms with Gasteiger partial charge in [-0.25, -0.2) is 8.42 Å². The van der Waals surface area contributed by atoms with E-state index in [-0.39, 0.29) is 0 Å². The normalized spacial score (nSPS) is 12.0. The molecule has 0 aliphatic rings. The molecule has 6 heteroatoms. The lowest BCUT2D eigenvalue weighted by Crippen LogP contribution is -2.26. The van der Waals surface area contributed by atoms with Crippen LogP contribution in [0.3, 0.4) is 0 Å². The number of hydrogen-bond donors (Lipinski definition) is 0. The number of nitrogens with zero attached hydrogens (tertiary/aromatic N) is 1. The average molecular weight is 360 g/mol. The fourth-order valence-corrected chi connectivity index (χ4v) is 4.08. The van der Waals surface area contributed by atoms with Gasteiger partial charge in [-0.2, -0.15) is 4.31 Å². The molecule has 1 aromatic heterocycles. The molecule has 0 radical (unpaired) electrons. The Hall–Kier alpha value is -0.690. The van der Waals surface area contributed by atoms with Crippen LogP contribution in [-0.2, 0) is 16.6 Å². The first-order valence-electron chi connectivity index (χ1n) is 5.66. The van der Waals surface area contributed by atoms with Crippen LogP contribution in [-0.4, -0.2) is 19.8 Å². The van der Waals surface area contributed by atoms with Gasteiger partial charge in [0.15, 0.2) is 0 Å². The van der Waals surface area contributed by atoms with Gasteiger partial charge >= 0.3 is 0 Å². The molecule has 19 heavy (non-hydrogen) atoms. The molecule has 0 atom stereocenters. The third kappa shape index (κ3) is 3.25. The van der Waals surface area contributed by atoms with E-state index in [0.29, 0.717) is 11.4 Å². The maximum atomic E-state index is 12.4. The van der Waals surface area contributed by atoms with Gasteiger partial charge < -0.3 is 0 Å². The molecule has 2 rings (SSSR count). The van der Waals surface area contributed by atoms with Gasteiger partial charge in [0, 0.05) is 22.9 Å². The zero-order valence-corrected chi connectivity index (χ0v) is 13.8. The molecule has 1 heterocycles. The highest BCUT2D eigenvalue weighted by Crippen LogP contribution is 2.22. The zero-order valence-electron chi connectivity index (χ0n) is 10.6. The van der Waals surface area contributed by atoms with Gasteiger partial charge in [0.1, 0.15) is 0 Å². The highest BCUT2D eigenvalue weighted by Gasteiger charge is 2.21. The lowest BCUT2D eigenvalue weighted by atomic mass is 10.3. The summed E-state index contributed by atoms with van der Waals surface area (Å²) in [4.78, 5) is 1.38. The van der Waals surface area contributed by atoms with Crippen LogP contribution < -0.4 is 0 Å². The van der Waals surface area contributed by atoms with E-state index in [0.717, 1.165) is 14.9 Å². The molecule has 0 N–H and O–H groups in total. The maximum Gasteiger partial charge on any atom is 0.243 e. The van der Waals surface area contributed by atoms with Crippen LogP contribution in [0.5, 0.6) is 0 Å². The average Bonchev–Trinajstić information content (AvgIpc) is 2.75. The minimum absolute atomic E-state index is 0.312. The van der Waals surface area contributed by atoms with Gasteiger partial charge in [-0.1, -0.05) is 15.9 Å². The van der Waals surface area contributed by atoms with Crippen LogP contribution in [0.4, 0.5) is 0 Å². The monoisotopic (exact) mass is 359 g/mol. The molecule has 3 nitrogen and oxygen atoms in total. The second kappa shape index (κ2) is 5.75. The van der Waals surface area contributed by atoms with Crippen molar-refractivity contribution in [2.75, 3.05) is 7.05 Å². The Morgan fingerprint density at radius 3 is 2.37 bits per heavy atom. The topological polar surface area (TPSA) is 37.4 Å². The fourth-order valence-electron chi connectivity index (χ4n) is 1.64. The molecule has 0 amide bonds. The number of thiophene rings is 1. The van der Waals surface area contributed by atoms with Crippen molar-refractivity contribution >= 4 is 37.3 Å². The van der Waals surface area contributed by atoms with E-state index in [4.69, 9.17) is 0 Å². The quantitative estimate of drug-likeness (QED) is 0.835. The third-order valence-electron chi connectivity index (χ3n) is 2.86. The van der Waals surface area contributed by atoms with Crippen LogP contribution in [0.1, 0.15) is 10.4 Å². The van der Waals surface area contributed by atoms with E-state index < -0.39 is 10.0 Å². The predicted molar refractivity (Wildman–Crippen MR) is 81.9 cm³/mol. The smallest absolute Gasteiger partial charge is 0.207 e.